The molecule has 154 valence electrons. The van der Waals surface area contributed by atoms with Gasteiger partial charge in [-0.25, -0.2) is 4.98 Å². The van der Waals surface area contributed by atoms with Crippen LogP contribution in [-0.4, -0.2) is 48.6 Å². The van der Waals surface area contributed by atoms with Gasteiger partial charge in [0, 0.05) is 44.0 Å². The highest BCUT2D eigenvalue weighted by atomic mass is 127. The summed E-state index contributed by atoms with van der Waals surface area (Å²) in [6, 6.07) is 11.3. The van der Waals surface area contributed by atoms with Crippen molar-refractivity contribution in [2.75, 3.05) is 26.7 Å². The third kappa shape index (κ3) is 6.70. The molecule has 2 aromatic rings. The van der Waals surface area contributed by atoms with Crippen molar-refractivity contribution >= 4 is 41.3 Å². The van der Waals surface area contributed by atoms with Gasteiger partial charge in [0.05, 0.1) is 10.7 Å². The van der Waals surface area contributed by atoms with Gasteiger partial charge in [-0.05, 0) is 38.8 Å². The number of halogens is 1. The Balaban J connectivity index is 0.00000280. The Hall–Kier alpha value is -1.19. The van der Waals surface area contributed by atoms with Gasteiger partial charge in [0.1, 0.15) is 0 Å². The molecule has 1 unspecified atom stereocenters. The van der Waals surface area contributed by atoms with Crippen LogP contribution in [0.2, 0.25) is 0 Å². The van der Waals surface area contributed by atoms with E-state index in [0.717, 1.165) is 37.7 Å². The average Bonchev–Trinajstić information content (AvgIpc) is 3.25. The molecule has 2 heterocycles. The number of likely N-dealkylation sites (tertiary alicyclic amines) is 1. The zero-order chi connectivity index (χ0) is 19.1. The van der Waals surface area contributed by atoms with Crippen LogP contribution in [0.3, 0.4) is 0 Å². The quantitative estimate of drug-likeness (QED) is 0.337. The lowest BCUT2D eigenvalue weighted by molar-refractivity contribution is 0.245. The lowest BCUT2D eigenvalue weighted by Gasteiger charge is -2.25. The van der Waals surface area contributed by atoms with Crippen molar-refractivity contribution in [1.82, 2.24) is 20.5 Å². The van der Waals surface area contributed by atoms with Crippen LogP contribution < -0.4 is 10.6 Å². The van der Waals surface area contributed by atoms with E-state index in [2.05, 4.69) is 69.7 Å². The zero-order valence-corrected chi connectivity index (χ0v) is 20.2. The lowest BCUT2D eigenvalue weighted by Crippen LogP contribution is -2.45. The van der Waals surface area contributed by atoms with Crippen molar-refractivity contribution in [2.45, 2.75) is 45.7 Å². The predicted molar refractivity (Wildman–Crippen MR) is 130 cm³/mol. The minimum Gasteiger partial charge on any atom is -0.356 e. The second kappa shape index (κ2) is 11.7. The molecule has 28 heavy (non-hydrogen) atoms. The van der Waals surface area contributed by atoms with E-state index in [1.807, 2.05) is 7.05 Å². The summed E-state index contributed by atoms with van der Waals surface area (Å²) in [6.07, 6.45) is 3.45. The van der Waals surface area contributed by atoms with Gasteiger partial charge in [-0.1, -0.05) is 30.3 Å². The Morgan fingerprint density at radius 3 is 2.71 bits per heavy atom. The fourth-order valence-corrected chi connectivity index (χ4v) is 4.45. The van der Waals surface area contributed by atoms with Gasteiger partial charge >= 0.3 is 0 Å². The first kappa shape index (κ1) is 23.1. The number of nitrogens with zero attached hydrogens (tertiary/aromatic N) is 3. The van der Waals surface area contributed by atoms with E-state index in [1.54, 1.807) is 11.3 Å². The maximum atomic E-state index is 4.60. The van der Waals surface area contributed by atoms with Crippen LogP contribution in [0.5, 0.6) is 0 Å². The summed E-state index contributed by atoms with van der Waals surface area (Å²) in [5, 5.41) is 8.12. The van der Waals surface area contributed by atoms with Crippen molar-refractivity contribution in [3.8, 4) is 0 Å². The molecule has 0 amide bonds. The zero-order valence-electron chi connectivity index (χ0n) is 17.1. The minimum absolute atomic E-state index is 0. The van der Waals surface area contributed by atoms with E-state index in [4.69, 9.17) is 0 Å². The summed E-state index contributed by atoms with van der Waals surface area (Å²) >= 11 is 1.79. The molecule has 1 saturated heterocycles. The van der Waals surface area contributed by atoms with Crippen LogP contribution in [0.15, 0.2) is 35.3 Å². The van der Waals surface area contributed by atoms with E-state index in [0.29, 0.717) is 6.04 Å². The van der Waals surface area contributed by atoms with Gasteiger partial charge in [0.15, 0.2) is 5.96 Å². The van der Waals surface area contributed by atoms with Gasteiger partial charge in [0.2, 0.25) is 0 Å². The fourth-order valence-electron chi connectivity index (χ4n) is 3.52. The molecule has 2 N–H and O–H groups in total. The molecule has 0 radical (unpaired) electrons. The predicted octanol–water partition coefficient (Wildman–Crippen LogP) is 3.75. The molecule has 1 fully saturated rings. The normalized spacial score (nSPS) is 17.4. The second-order valence-electron chi connectivity index (χ2n) is 7.13. The van der Waals surface area contributed by atoms with Crippen molar-refractivity contribution in [3.05, 3.63) is 51.5 Å². The van der Waals surface area contributed by atoms with E-state index in [1.165, 1.54) is 34.8 Å². The second-order valence-corrected chi connectivity index (χ2v) is 8.42. The number of guanidine groups is 1. The fraction of sp³-hybridized carbons (Fsp3) is 0.524. The number of aromatic nitrogens is 1. The molecular weight excluding hydrogens is 481 g/mol. The molecule has 0 saturated carbocycles. The number of aliphatic imine (C=N–C) groups is 1. The van der Waals surface area contributed by atoms with Gasteiger partial charge in [0.25, 0.3) is 0 Å². The van der Waals surface area contributed by atoms with Gasteiger partial charge < -0.3 is 10.6 Å². The number of rotatable bonds is 7. The molecule has 1 aliphatic rings. The first-order valence-corrected chi connectivity index (χ1v) is 10.6. The standard InChI is InChI=1S/C21H31N5S.HI/c1-16-17(2)27-20(25-16)11-12-23-21(22-3)24-14-19-10-7-13-26(19)15-18-8-5-4-6-9-18;/h4-6,8-9,19H,7,10-15H2,1-3H3,(H2,22,23,24);1H. The molecular formula is C21H32IN5S. The van der Waals surface area contributed by atoms with Crippen LogP contribution in [0, 0.1) is 13.8 Å². The third-order valence-electron chi connectivity index (χ3n) is 5.16. The smallest absolute Gasteiger partial charge is 0.191 e. The van der Waals surface area contributed by atoms with Crippen LogP contribution in [0.25, 0.3) is 0 Å². The highest BCUT2D eigenvalue weighted by molar-refractivity contribution is 14.0. The monoisotopic (exact) mass is 513 g/mol. The molecule has 1 atom stereocenters. The molecule has 7 heteroatoms. The Morgan fingerprint density at radius 2 is 2.04 bits per heavy atom. The van der Waals surface area contributed by atoms with E-state index < -0.39 is 0 Å². The van der Waals surface area contributed by atoms with Crippen LogP contribution in [0.1, 0.15) is 34.0 Å². The SMILES string of the molecule is CN=C(NCCc1nc(C)c(C)s1)NCC1CCCN1Cc1ccccc1.I. The highest BCUT2D eigenvalue weighted by Gasteiger charge is 2.24. The van der Waals surface area contributed by atoms with Gasteiger partial charge in [-0.3, -0.25) is 9.89 Å². The Kier molecular flexibility index (Phi) is 9.67. The summed E-state index contributed by atoms with van der Waals surface area (Å²) in [7, 11) is 1.84. The molecule has 1 aliphatic heterocycles. The van der Waals surface area contributed by atoms with Crippen molar-refractivity contribution in [2.24, 2.45) is 4.99 Å². The maximum Gasteiger partial charge on any atom is 0.191 e. The molecule has 0 spiro atoms. The first-order valence-electron chi connectivity index (χ1n) is 9.81. The summed E-state index contributed by atoms with van der Waals surface area (Å²) < 4.78 is 0. The number of thiazole rings is 1. The molecule has 3 rings (SSSR count). The van der Waals surface area contributed by atoms with E-state index >= 15 is 0 Å². The summed E-state index contributed by atoms with van der Waals surface area (Å²) in [5.74, 6) is 0.881. The Morgan fingerprint density at radius 1 is 1.25 bits per heavy atom. The third-order valence-corrected chi connectivity index (χ3v) is 6.29. The molecule has 1 aromatic heterocycles. The Bertz CT molecular complexity index is 727. The average molecular weight is 513 g/mol. The number of nitrogens with one attached hydrogen (secondary N) is 2. The Labute approximate surface area is 190 Å². The number of aryl methyl sites for hydroxylation is 2. The summed E-state index contributed by atoms with van der Waals surface area (Å²) in [4.78, 5) is 12.9. The summed E-state index contributed by atoms with van der Waals surface area (Å²) in [5.41, 5.74) is 2.54. The summed E-state index contributed by atoms with van der Waals surface area (Å²) in [6.45, 7) is 8.20. The molecule has 0 aliphatic carbocycles. The van der Waals surface area contributed by atoms with Crippen molar-refractivity contribution < 1.29 is 0 Å². The van der Waals surface area contributed by atoms with Crippen molar-refractivity contribution in [1.29, 1.82) is 0 Å². The van der Waals surface area contributed by atoms with Gasteiger partial charge in [-0.15, -0.1) is 35.3 Å². The minimum atomic E-state index is 0. The number of benzene rings is 1. The molecule has 1 aromatic carbocycles. The molecule has 0 bridgehead atoms. The lowest BCUT2D eigenvalue weighted by atomic mass is 10.2. The van der Waals surface area contributed by atoms with Crippen LogP contribution in [0.4, 0.5) is 0 Å². The van der Waals surface area contributed by atoms with Gasteiger partial charge in [-0.2, -0.15) is 0 Å². The van der Waals surface area contributed by atoms with E-state index in [-0.39, 0.29) is 24.0 Å². The van der Waals surface area contributed by atoms with Crippen LogP contribution in [-0.2, 0) is 13.0 Å². The molecule has 5 nitrogen and oxygen atoms in total. The van der Waals surface area contributed by atoms with E-state index in [9.17, 15) is 0 Å². The first-order chi connectivity index (χ1) is 13.2. The highest BCUT2D eigenvalue weighted by Crippen LogP contribution is 2.19. The topological polar surface area (TPSA) is 52.6 Å². The van der Waals surface area contributed by atoms with Crippen LogP contribution >= 0.6 is 35.3 Å². The van der Waals surface area contributed by atoms with Crippen molar-refractivity contribution in [3.63, 3.8) is 0 Å². The maximum absolute atomic E-state index is 4.60. The number of hydrogen-bond donors (Lipinski definition) is 2. The largest absolute Gasteiger partial charge is 0.356 e. The number of hydrogen-bond acceptors (Lipinski definition) is 4.